The largest absolute Gasteiger partial charge is 0.377 e. The van der Waals surface area contributed by atoms with Gasteiger partial charge in [0.05, 0.1) is 18.0 Å². The predicted molar refractivity (Wildman–Crippen MR) is 79.9 cm³/mol. The summed E-state index contributed by atoms with van der Waals surface area (Å²) in [6.45, 7) is 5.56. The normalized spacial score (nSPS) is 30.5. The maximum atomic E-state index is 11.3. The number of hydrogen-bond donors (Lipinski definition) is 1. The van der Waals surface area contributed by atoms with Crippen LogP contribution in [0.25, 0.3) is 0 Å². The first-order valence-corrected chi connectivity index (χ1v) is 9.43. The highest BCUT2D eigenvalue weighted by Gasteiger charge is 2.27. The molecule has 0 radical (unpaired) electrons. The lowest BCUT2D eigenvalue weighted by atomic mass is 9.88. The maximum Gasteiger partial charge on any atom is 0.212 e. The average molecular weight is 304 g/mol. The highest BCUT2D eigenvalue weighted by molar-refractivity contribution is 7.89. The van der Waals surface area contributed by atoms with Gasteiger partial charge in [0.2, 0.25) is 10.0 Å². The molecule has 1 saturated heterocycles. The molecule has 5 nitrogen and oxygen atoms in total. The summed E-state index contributed by atoms with van der Waals surface area (Å²) in [5, 5.41) is 4.85. The van der Waals surface area contributed by atoms with Crippen molar-refractivity contribution in [2.45, 2.75) is 56.8 Å². The van der Waals surface area contributed by atoms with Crippen LogP contribution in [0, 0.1) is 5.92 Å². The van der Waals surface area contributed by atoms with E-state index in [9.17, 15) is 8.42 Å². The van der Waals surface area contributed by atoms with Gasteiger partial charge in [-0.15, -0.1) is 0 Å². The molecule has 1 saturated carbocycles. The summed E-state index contributed by atoms with van der Waals surface area (Å²) in [6.07, 6.45) is 6.82. The molecule has 0 aromatic carbocycles. The first kappa shape index (κ1) is 16.2. The zero-order valence-electron chi connectivity index (χ0n) is 12.5. The van der Waals surface area contributed by atoms with Gasteiger partial charge in [-0.3, -0.25) is 0 Å². The Morgan fingerprint density at radius 1 is 1.15 bits per heavy atom. The summed E-state index contributed by atoms with van der Waals surface area (Å²) < 4.78 is 28.6. The Balaban J connectivity index is 1.64. The number of nitrogens with zero attached hydrogens (tertiary/aromatic N) is 1. The van der Waals surface area contributed by atoms with Crippen molar-refractivity contribution in [2.75, 3.05) is 26.2 Å². The van der Waals surface area contributed by atoms with Gasteiger partial charge >= 0.3 is 0 Å². The van der Waals surface area contributed by atoms with Crippen molar-refractivity contribution in [3.8, 4) is 0 Å². The van der Waals surface area contributed by atoms with Crippen LogP contribution in [0.4, 0.5) is 0 Å². The third-order valence-electron chi connectivity index (χ3n) is 4.77. The van der Waals surface area contributed by atoms with Gasteiger partial charge in [0.15, 0.2) is 0 Å². The van der Waals surface area contributed by atoms with Crippen LogP contribution in [0.2, 0.25) is 0 Å². The molecule has 6 heteroatoms. The van der Waals surface area contributed by atoms with Gasteiger partial charge in [-0.05, 0) is 44.7 Å². The van der Waals surface area contributed by atoms with E-state index in [1.807, 2.05) is 0 Å². The third-order valence-corrected chi connectivity index (χ3v) is 6.17. The van der Waals surface area contributed by atoms with Crippen LogP contribution in [0.1, 0.15) is 45.4 Å². The zero-order valence-corrected chi connectivity index (χ0v) is 13.3. The topological polar surface area (TPSA) is 72.6 Å². The molecule has 1 aliphatic carbocycles. The van der Waals surface area contributed by atoms with Crippen molar-refractivity contribution in [1.29, 1.82) is 0 Å². The Labute approximate surface area is 122 Å². The van der Waals surface area contributed by atoms with Gasteiger partial charge in [0.25, 0.3) is 0 Å². The lowest BCUT2D eigenvalue weighted by molar-refractivity contribution is -0.0151. The summed E-state index contributed by atoms with van der Waals surface area (Å²) in [4.78, 5) is 2.29. The Morgan fingerprint density at radius 3 is 2.40 bits per heavy atom. The predicted octanol–water partition coefficient (Wildman–Crippen LogP) is 1.33. The molecule has 2 atom stereocenters. The Morgan fingerprint density at radius 2 is 1.80 bits per heavy atom. The van der Waals surface area contributed by atoms with Gasteiger partial charge in [-0.25, -0.2) is 13.6 Å². The number of nitrogens with two attached hydrogens (primary N) is 1. The highest BCUT2D eigenvalue weighted by Crippen LogP contribution is 2.26. The summed E-state index contributed by atoms with van der Waals surface area (Å²) in [6, 6.07) is 0. The van der Waals surface area contributed by atoms with E-state index in [0.29, 0.717) is 24.9 Å². The van der Waals surface area contributed by atoms with Crippen LogP contribution >= 0.6 is 0 Å². The Kier molecular flexibility index (Phi) is 5.84. The first-order valence-electron chi connectivity index (χ1n) is 7.82. The smallest absolute Gasteiger partial charge is 0.212 e. The average Bonchev–Trinajstić information content (AvgIpc) is 2.40. The van der Waals surface area contributed by atoms with E-state index in [1.165, 1.54) is 25.7 Å². The fourth-order valence-corrected chi connectivity index (χ4v) is 4.19. The number of hydrogen-bond acceptors (Lipinski definition) is 4. The van der Waals surface area contributed by atoms with E-state index in [1.54, 1.807) is 0 Å². The van der Waals surface area contributed by atoms with Crippen LogP contribution in [0.5, 0.6) is 0 Å². The number of primary sulfonamides is 1. The van der Waals surface area contributed by atoms with E-state index in [-0.39, 0.29) is 5.25 Å². The molecule has 0 amide bonds. The van der Waals surface area contributed by atoms with Crippen LogP contribution < -0.4 is 5.14 Å². The summed E-state index contributed by atoms with van der Waals surface area (Å²) in [5.74, 6) is 0.678. The molecule has 0 aromatic heterocycles. The third kappa shape index (κ3) is 4.69. The second-order valence-electron chi connectivity index (χ2n) is 6.30. The van der Waals surface area contributed by atoms with Crippen molar-refractivity contribution in [3.63, 3.8) is 0 Å². The number of piperidine rings is 1. The van der Waals surface area contributed by atoms with Crippen molar-refractivity contribution in [3.05, 3.63) is 0 Å². The molecule has 1 heterocycles. The van der Waals surface area contributed by atoms with Crippen LogP contribution in [-0.2, 0) is 14.8 Å². The lowest BCUT2D eigenvalue weighted by Crippen LogP contribution is -2.43. The van der Waals surface area contributed by atoms with Gasteiger partial charge < -0.3 is 9.64 Å². The highest BCUT2D eigenvalue weighted by atomic mass is 32.2. The Bertz CT molecular complexity index is 391. The number of likely N-dealkylation sites (tertiary alicyclic amines) is 1. The second-order valence-corrected chi connectivity index (χ2v) is 8.15. The van der Waals surface area contributed by atoms with E-state index in [2.05, 4.69) is 11.8 Å². The lowest BCUT2D eigenvalue weighted by Gasteiger charge is -2.32. The second kappa shape index (κ2) is 7.20. The van der Waals surface area contributed by atoms with Crippen LogP contribution in [-0.4, -0.2) is 50.9 Å². The zero-order chi connectivity index (χ0) is 14.6. The molecule has 0 aromatic rings. The van der Waals surface area contributed by atoms with E-state index >= 15 is 0 Å². The minimum absolute atomic E-state index is 0.349. The fraction of sp³-hybridized carbons (Fsp3) is 1.00. The summed E-state index contributed by atoms with van der Waals surface area (Å²) >= 11 is 0. The van der Waals surface area contributed by atoms with E-state index in [4.69, 9.17) is 9.88 Å². The van der Waals surface area contributed by atoms with Crippen molar-refractivity contribution < 1.29 is 13.2 Å². The van der Waals surface area contributed by atoms with Gasteiger partial charge in [-0.1, -0.05) is 19.8 Å². The van der Waals surface area contributed by atoms with Crippen LogP contribution in [0.15, 0.2) is 0 Å². The molecule has 2 aliphatic rings. The molecule has 20 heavy (non-hydrogen) atoms. The van der Waals surface area contributed by atoms with E-state index < -0.39 is 10.0 Å². The molecule has 0 spiro atoms. The molecule has 2 fully saturated rings. The van der Waals surface area contributed by atoms with Crippen molar-refractivity contribution >= 4 is 10.0 Å². The number of sulfonamides is 1. The molecule has 0 bridgehead atoms. The summed E-state index contributed by atoms with van der Waals surface area (Å²) in [5.41, 5.74) is 0. The van der Waals surface area contributed by atoms with Gasteiger partial charge in [-0.2, -0.15) is 0 Å². The molecular formula is C14H28N2O3S. The fourth-order valence-electron chi connectivity index (χ4n) is 3.32. The number of ether oxygens (including phenoxy) is 1. The molecule has 2 N–H and O–H groups in total. The maximum absolute atomic E-state index is 11.3. The van der Waals surface area contributed by atoms with Crippen molar-refractivity contribution in [2.24, 2.45) is 11.1 Å². The first-order chi connectivity index (χ1) is 9.47. The van der Waals surface area contributed by atoms with Crippen molar-refractivity contribution in [1.82, 2.24) is 4.90 Å². The molecule has 2 rings (SSSR count). The van der Waals surface area contributed by atoms with Gasteiger partial charge in [0.1, 0.15) is 0 Å². The van der Waals surface area contributed by atoms with E-state index in [0.717, 1.165) is 26.2 Å². The molecule has 118 valence electrons. The molecule has 1 aliphatic heterocycles. The standard InChI is InChI=1S/C14H28N2O3S/c1-12-4-2-3-5-14(12)19-11-10-16-8-6-13(7-9-16)20(15,17)18/h12-14H,2-11H2,1H3,(H2,15,17,18). The number of rotatable bonds is 5. The molecular weight excluding hydrogens is 276 g/mol. The quantitative estimate of drug-likeness (QED) is 0.832. The van der Waals surface area contributed by atoms with Gasteiger partial charge in [0, 0.05) is 6.54 Å². The molecule has 2 unspecified atom stereocenters. The minimum Gasteiger partial charge on any atom is -0.377 e. The minimum atomic E-state index is -3.35. The monoisotopic (exact) mass is 304 g/mol. The SMILES string of the molecule is CC1CCCCC1OCCN1CCC(S(N)(=O)=O)CC1. The van der Waals surface area contributed by atoms with Crippen LogP contribution in [0.3, 0.4) is 0 Å². The Hall–Kier alpha value is -0.170. The summed E-state index contributed by atoms with van der Waals surface area (Å²) in [7, 11) is -3.35.